The van der Waals surface area contributed by atoms with Gasteiger partial charge in [0.25, 0.3) is 0 Å². The number of nitrogens with one attached hydrogen (secondary N) is 1. The summed E-state index contributed by atoms with van der Waals surface area (Å²) >= 11 is 0. The van der Waals surface area contributed by atoms with Crippen LogP contribution in [0.3, 0.4) is 0 Å². The fourth-order valence-electron chi connectivity index (χ4n) is 2.71. The third kappa shape index (κ3) is 6.84. The lowest BCUT2D eigenvalue weighted by Gasteiger charge is -2.20. The van der Waals surface area contributed by atoms with Gasteiger partial charge in [0.1, 0.15) is 18.5 Å². The molecule has 0 bridgehead atoms. The smallest absolute Gasteiger partial charge is 0.407 e. The fraction of sp³-hybridized carbons (Fsp3) is 0.333. The van der Waals surface area contributed by atoms with Crippen molar-refractivity contribution in [3.8, 4) is 0 Å². The van der Waals surface area contributed by atoms with E-state index in [2.05, 4.69) is 5.32 Å². The summed E-state index contributed by atoms with van der Waals surface area (Å²) in [6.07, 6.45) is -2.45. The Labute approximate surface area is 158 Å². The van der Waals surface area contributed by atoms with E-state index in [1.165, 1.54) is 6.92 Å². The van der Waals surface area contributed by atoms with Crippen LogP contribution in [-0.2, 0) is 22.6 Å². The Balaban J connectivity index is 1.79. The Kier molecular flexibility index (Phi) is 7.98. The number of aliphatic hydroxyl groups is 2. The number of hydrogen-bond donors (Lipinski definition) is 3. The van der Waals surface area contributed by atoms with Gasteiger partial charge in [-0.2, -0.15) is 0 Å². The van der Waals surface area contributed by atoms with Crippen LogP contribution in [0, 0.1) is 0 Å². The Hall–Kier alpha value is -2.70. The molecule has 0 aliphatic rings. The van der Waals surface area contributed by atoms with E-state index in [-0.39, 0.29) is 31.8 Å². The second-order valence-corrected chi connectivity index (χ2v) is 6.37. The topological polar surface area (TPSA) is 95.9 Å². The summed E-state index contributed by atoms with van der Waals surface area (Å²) in [5, 5.41) is 23.2. The number of Topliss-reactive ketones (excluding diaryl/α,β-unsaturated/α-hetero) is 1. The van der Waals surface area contributed by atoms with Crippen molar-refractivity contribution >= 4 is 11.9 Å². The molecule has 0 spiro atoms. The van der Waals surface area contributed by atoms with Gasteiger partial charge in [0.2, 0.25) is 0 Å². The highest BCUT2D eigenvalue weighted by atomic mass is 16.5. The molecule has 2 aromatic rings. The number of alkyl carbamates (subject to hydrolysis) is 1. The van der Waals surface area contributed by atoms with Crippen LogP contribution in [0.2, 0.25) is 0 Å². The van der Waals surface area contributed by atoms with Crippen LogP contribution in [0.4, 0.5) is 4.79 Å². The lowest BCUT2D eigenvalue weighted by atomic mass is 9.94. The molecule has 6 nitrogen and oxygen atoms in total. The lowest BCUT2D eigenvalue weighted by molar-refractivity contribution is -0.116. The summed E-state index contributed by atoms with van der Waals surface area (Å²) in [6.45, 7) is 1.79. The molecule has 2 rings (SSSR count). The van der Waals surface area contributed by atoms with Gasteiger partial charge in [0.05, 0.1) is 6.10 Å². The van der Waals surface area contributed by atoms with Crippen molar-refractivity contribution in [3.63, 3.8) is 0 Å². The second kappa shape index (κ2) is 10.4. The summed E-state index contributed by atoms with van der Waals surface area (Å²) in [4.78, 5) is 23.1. The molecule has 1 amide bonds. The zero-order valence-electron chi connectivity index (χ0n) is 15.3. The van der Waals surface area contributed by atoms with Gasteiger partial charge in [-0.15, -0.1) is 0 Å². The predicted octanol–water partition coefficient (Wildman–Crippen LogP) is 2.53. The summed E-state index contributed by atoms with van der Waals surface area (Å²) in [5.74, 6) is -0.0213. The lowest BCUT2D eigenvalue weighted by Crippen LogP contribution is -2.30. The summed E-state index contributed by atoms with van der Waals surface area (Å²) < 4.78 is 5.09. The first kappa shape index (κ1) is 20.6. The van der Waals surface area contributed by atoms with Crippen LogP contribution >= 0.6 is 0 Å². The van der Waals surface area contributed by atoms with E-state index in [1.807, 2.05) is 30.3 Å². The van der Waals surface area contributed by atoms with Gasteiger partial charge in [-0.25, -0.2) is 4.79 Å². The molecular formula is C21H25NO5. The van der Waals surface area contributed by atoms with E-state index < -0.39 is 18.3 Å². The normalized spacial score (nSPS) is 12.9. The minimum atomic E-state index is -1.14. The molecule has 0 heterocycles. The molecular weight excluding hydrogens is 346 g/mol. The zero-order valence-corrected chi connectivity index (χ0v) is 15.3. The first-order valence-electron chi connectivity index (χ1n) is 8.85. The van der Waals surface area contributed by atoms with E-state index in [0.717, 1.165) is 5.56 Å². The number of amides is 1. The summed E-state index contributed by atoms with van der Waals surface area (Å²) in [5.41, 5.74) is 2.09. The van der Waals surface area contributed by atoms with Crippen molar-refractivity contribution < 1.29 is 24.5 Å². The minimum Gasteiger partial charge on any atom is -0.445 e. The van der Waals surface area contributed by atoms with Crippen molar-refractivity contribution in [1.82, 2.24) is 5.32 Å². The number of rotatable bonds is 9. The number of benzene rings is 2. The maximum atomic E-state index is 11.7. The van der Waals surface area contributed by atoms with Crippen LogP contribution in [0.15, 0.2) is 54.6 Å². The number of carbonyl (C=O) groups excluding carboxylic acids is 2. The maximum Gasteiger partial charge on any atom is 0.407 e. The maximum absolute atomic E-state index is 11.7. The third-order valence-corrected chi connectivity index (χ3v) is 4.10. The number of aliphatic hydroxyl groups excluding tert-OH is 2. The van der Waals surface area contributed by atoms with E-state index in [9.17, 15) is 19.8 Å². The van der Waals surface area contributed by atoms with Crippen molar-refractivity contribution in [2.45, 2.75) is 38.6 Å². The van der Waals surface area contributed by atoms with Crippen LogP contribution in [-0.4, -0.2) is 34.7 Å². The molecule has 0 aliphatic heterocycles. The Morgan fingerprint density at radius 1 is 1.04 bits per heavy atom. The van der Waals surface area contributed by atoms with Gasteiger partial charge in [-0.3, -0.25) is 4.79 Å². The predicted molar refractivity (Wildman–Crippen MR) is 101 cm³/mol. The van der Waals surface area contributed by atoms with Crippen LogP contribution in [0.25, 0.3) is 0 Å². The highest BCUT2D eigenvalue weighted by Gasteiger charge is 2.21. The molecule has 144 valence electrons. The fourth-order valence-corrected chi connectivity index (χ4v) is 2.71. The number of hydrogen-bond acceptors (Lipinski definition) is 5. The first-order valence-corrected chi connectivity index (χ1v) is 8.85. The molecule has 2 aromatic carbocycles. The SMILES string of the molecule is CC(=O)Cc1ccccc1C(O)C(O)CCNC(=O)OCc1ccccc1. The van der Waals surface area contributed by atoms with E-state index in [1.54, 1.807) is 24.3 Å². The standard InChI is InChI=1S/C21H25NO5/c1-15(23)13-17-9-5-6-10-18(17)20(25)19(24)11-12-22-21(26)27-14-16-7-3-2-4-8-16/h2-10,19-20,24-25H,11-14H2,1H3,(H,22,26). The van der Waals surface area contributed by atoms with Crippen LogP contribution < -0.4 is 5.32 Å². The van der Waals surface area contributed by atoms with Crippen molar-refractivity contribution in [2.24, 2.45) is 0 Å². The second-order valence-electron chi connectivity index (χ2n) is 6.37. The third-order valence-electron chi connectivity index (χ3n) is 4.10. The van der Waals surface area contributed by atoms with E-state index in [0.29, 0.717) is 11.1 Å². The number of ether oxygens (including phenoxy) is 1. The molecule has 0 saturated carbocycles. The molecule has 3 N–H and O–H groups in total. The highest BCUT2D eigenvalue weighted by molar-refractivity contribution is 5.78. The van der Waals surface area contributed by atoms with Crippen molar-refractivity contribution in [1.29, 1.82) is 0 Å². The average Bonchev–Trinajstić information content (AvgIpc) is 2.66. The Bertz CT molecular complexity index is 747. The van der Waals surface area contributed by atoms with Gasteiger partial charge in [0.15, 0.2) is 0 Å². The van der Waals surface area contributed by atoms with E-state index in [4.69, 9.17) is 4.74 Å². The van der Waals surface area contributed by atoms with Crippen LogP contribution in [0.5, 0.6) is 0 Å². The summed E-state index contributed by atoms with van der Waals surface area (Å²) in [7, 11) is 0. The minimum absolute atomic E-state index is 0.0213. The molecule has 0 aromatic heterocycles. The molecule has 27 heavy (non-hydrogen) atoms. The van der Waals surface area contributed by atoms with E-state index >= 15 is 0 Å². The van der Waals surface area contributed by atoms with Crippen LogP contribution in [0.1, 0.15) is 36.1 Å². The van der Waals surface area contributed by atoms with Crippen molar-refractivity contribution in [2.75, 3.05) is 6.54 Å². The largest absolute Gasteiger partial charge is 0.445 e. The quantitative estimate of drug-likeness (QED) is 0.629. The molecule has 0 aliphatic carbocycles. The number of ketones is 1. The van der Waals surface area contributed by atoms with Gasteiger partial charge in [-0.1, -0.05) is 54.6 Å². The molecule has 6 heteroatoms. The molecule has 0 radical (unpaired) electrons. The highest BCUT2D eigenvalue weighted by Crippen LogP contribution is 2.23. The van der Waals surface area contributed by atoms with Crippen molar-refractivity contribution in [3.05, 3.63) is 71.3 Å². The van der Waals surface area contributed by atoms with Gasteiger partial charge in [-0.05, 0) is 30.0 Å². The Morgan fingerprint density at radius 2 is 1.70 bits per heavy atom. The average molecular weight is 371 g/mol. The van der Waals surface area contributed by atoms with Gasteiger partial charge >= 0.3 is 6.09 Å². The molecule has 0 fully saturated rings. The molecule has 2 atom stereocenters. The zero-order chi connectivity index (χ0) is 19.6. The molecule has 0 saturated heterocycles. The van der Waals surface area contributed by atoms with Gasteiger partial charge < -0.3 is 20.3 Å². The Morgan fingerprint density at radius 3 is 2.41 bits per heavy atom. The first-order chi connectivity index (χ1) is 13.0. The number of carbonyl (C=O) groups is 2. The van der Waals surface area contributed by atoms with Gasteiger partial charge in [0, 0.05) is 13.0 Å². The molecule has 2 unspecified atom stereocenters. The monoisotopic (exact) mass is 371 g/mol. The summed E-state index contributed by atoms with van der Waals surface area (Å²) in [6, 6.07) is 16.3.